The van der Waals surface area contributed by atoms with Crippen molar-refractivity contribution in [1.29, 1.82) is 0 Å². The number of carbonyl (C=O) groups is 2. The molecular formula is C32H38N6O4S2. The Morgan fingerprint density at radius 2 is 1.16 bits per heavy atom. The van der Waals surface area contributed by atoms with Gasteiger partial charge in [0.25, 0.3) is 0 Å². The van der Waals surface area contributed by atoms with Gasteiger partial charge >= 0.3 is 0 Å². The highest BCUT2D eigenvalue weighted by atomic mass is 32.1. The van der Waals surface area contributed by atoms with Crippen molar-refractivity contribution < 1.29 is 19.1 Å². The molecule has 0 unspecified atom stereocenters. The quantitative estimate of drug-likeness (QED) is 0.175. The third-order valence-corrected chi connectivity index (χ3v) is 9.12. The van der Waals surface area contributed by atoms with Gasteiger partial charge < -0.3 is 20.1 Å². The van der Waals surface area contributed by atoms with Gasteiger partial charge in [-0.3, -0.25) is 9.59 Å². The van der Waals surface area contributed by atoms with E-state index in [9.17, 15) is 9.59 Å². The monoisotopic (exact) mass is 634 g/mol. The Balaban J connectivity index is 1.15. The Kier molecular flexibility index (Phi) is 10.5. The van der Waals surface area contributed by atoms with Crippen molar-refractivity contribution in [3.05, 3.63) is 69.7 Å². The standard InChI is InChI=1S/C32H38N6O4S2/c1-19(2)41-25-14-7-5-10-21(25)17-27(39)33-31-37-35-29(43-31)23-12-9-13-24(16-23)30-36-38-32(44-30)34-28(40)18-22-11-6-8-15-26(22)42-20(3)4/h5-8,10-11,14-15,19-20,23-24H,9,12-13,16-18H2,1-4H3,(H,33,37,39)(H,34,38,40)/t23-,24-/m0/s1. The minimum Gasteiger partial charge on any atom is -0.491 e. The summed E-state index contributed by atoms with van der Waals surface area (Å²) < 4.78 is 11.7. The zero-order valence-corrected chi connectivity index (χ0v) is 27.0. The second kappa shape index (κ2) is 14.7. The number of nitrogens with one attached hydrogen (secondary N) is 2. The summed E-state index contributed by atoms with van der Waals surface area (Å²) in [6, 6.07) is 15.2. The molecule has 2 aromatic carbocycles. The molecule has 12 heteroatoms. The van der Waals surface area contributed by atoms with Gasteiger partial charge in [-0.05, 0) is 59.1 Å². The molecule has 0 saturated heterocycles. The molecule has 232 valence electrons. The molecule has 1 aliphatic rings. The first kappa shape index (κ1) is 31.5. The third-order valence-electron chi connectivity index (χ3n) is 7.12. The van der Waals surface area contributed by atoms with Crippen LogP contribution in [0.1, 0.15) is 86.4 Å². The lowest BCUT2D eigenvalue weighted by Crippen LogP contribution is -2.16. The smallest absolute Gasteiger partial charge is 0.230 e. The number of hydrogen-bond acceptors (Lipinski definition) is 10. The van der Waals surface area contributed by atoms with E-state index in [0.29, 0.717) is 21.8 Å². The van der Waals surface area contributed by atoms with Crippen LogP contribution in [0, 0.1) is 0 Å². The summed E-state index contributed by atoms with van der Waals surface area (Å²) in [4.78, 5) is 25.6. The first-order chi connectivity index (χ1) is 21.2. The van der Waals surface area contributed by atoms with E-state index in [2.05, 4.69) is 31.0 Å². The molecule has 4 aromatic rings. The lowest BCUT2D eigenvalue weighted by atomic mass is 9.82. The van der Waals surface area contributed by atoms with Crippen molar-refractivity contribution in [3.63, 3.8) is 0 Å². The lowest BCUT2D eigenvalue weighted by Gasteiger charge is -2.25. The average Bonchev–Trinajstić information content (AvgIpc) is 3.65. The van der Waals surface area contributed by atoms with E-state index in [-0.39, 0.29) is 48.7 Å². The zero-order chi connectivity index (χ0) is 31.1. The predicted molar refractivity (Wildman–Crippen MR) is 173 cm³/mol. The molecule has 2 atom stereocenters. The maximum absolute atomic E-state index is 12.8. The van der Waals surface area contributed by atoms with Gasteiger partial charge in [0.05, 0.1) is 25.0 Å². The molecule has 0 aliphatic heterocycles. The molecule has 0 radical (unpaired) electrons. The minimum atomic E-state index is -0.159. The van der Waals surface area contributed by atoms with Crippen molar-refractivity contribution in [2.45, 2.75) is 90.3 Å². The molecule has 2 aromatic heterocycles. The van der Waals surface area contributed by atoms with Crippen LogP contribution in [0.5, 0.6) is 11.5 Å². The fourth-order valence-corrected chi connectivity index (χ4v) is 7.06. The Morgan fingerprint density at radius 3 is 1.59 bits per heavy atom. The Morgan fingerprint density at radius 1 is 0.727 bits per heavy atom. The Labute approximate surface area is 265 Å². The Hall–Kier alpha value is -3.90. The molecule has 1 saturated carbocycles. The van der Waals surface area contributed by atoms with Crippen molar-refractivity contribution in [1.82, 2.24) is 20.4 Å². The van der Waals surface area contributed by atoms with E-state index in [4.69, 9.17) is 9.47 Å². The second-order valence-electron chi connectivity index (χ2n) is 11.4. The first-order valence-corrected chi connectivity index (χ1v) is 16.6. The van der Waals surface area contributed by atoms with Gasteiger partial charge in [-0.25, -0.2) is 0 Å². The van der Waals surface area contributed by atoms with Crippen LogP contribution in [0.15, 0.2) is 48.5 Å². The van der Waals surface area contributed by atoms with Crippen LogP contribution in [-0.4, -0.2) is 44.4 Å². The number of nitrogens with zero attached hydrogens (tertiary/aromatic N) is 4. The number of ether oxygens (including phenoxy) is 2. The van der Waals surface area contributed by atoms with Crippen molar-refractivity contribution in [2.24, 2.45) is 0 Å². The van der Waals surface area contributed by atoms with E-state index in [1.54, 1.807) is 0 Å². The van der Waals surface area contributed by atoms with Crippen LogP contribution >= 0.6 is 22.7 Å². The Bertz CT molecular complexity index is 1460. The van der Waals surface area contributed by atoms with Gasteiger partial charge in [0.2, 0.25) is 22.1 Å². The third kappa shape index (κ3) is 8.60. The molecule has 2 amide bonds. The van der Waals surface area contributed by atoms with E-state index in [0.717, 1.165) is 46.8 Å². The van der Waals surface area contributed by atoms with Crippen LogP contribution in [0.3, 0.4) is 0 Å². The molecular weight excluding hydrogens is 597 g/mol. The maximum atomic E-state index is 12.8. The van der Waals surface area contributed by atoms with Crippen LogP contribution in [0.2, 0.25) is 0 Å². The highest BCUT2D eigenvalue weighted by Gasteiger charge is 2.29. The summed E-state index contributed by atoms with van der Waals surface area (Å²) in [7, 11) is 0. The summed E-state index contributed by atoms with van der Waals surface area (Å²) >= 11 is 2.85. The second-order valence-corrected chi connectivity index (χ2v) is 13.5. The number of amides is 2. The number of hydrogen-bond donors (Lipinski definition) is 2. The normalized spacial score (nSPS) is 16.6. The number of rotatable bonds is 12. The zero-order valence-electron chi connectivity index (χ0n) is 25.4. The fourth-order valence-electron chi connectivity index (χ4n) is 5.25. The highest BCUT2D eigenvalue weighted by Crippen LogP contribution is 2.43. The fraction of sp³-hybridized carbons (Fsp3) is 0.438. The van der Waals surface area contributed by atoms with Gasteiger partial charge in [0.15, 0.2) is 0 Å². The van der Waals surface area contributed by atoms with Gasteiger partial charge in [-0.2, -0.15) is 0 Å². The van der Waals surface area contributed by atoms with Crippen LogP contribution in [0.4, 0.5) is 10.3 Å². The molecule has 2 heterocycles. The summed E-state index contributed by atoms with van der Waals surface area (Å²) in [5.74, 6) is 1.55. The van der Waals surface area contributed by atoms with Crippen molar-refractivity contribution in [3.8, 4) is 11.5 Å². The van der Waals surface area contributed by atoms with Gasteiger partial charge in [-0.15, -0.1) is 20.4 Å². The minimum absolute atomic E-state index is 0.0212. The number of aromatic nitrogens is 4. The number of anilines is 2. The molecule has 0 spiro atoms. The molecule has 1 aliphatic carbocycles. The lowest BCUT2D eigenvalue weighted by molar-refractivity contribution is -0.116. The molecule has 44 heavy (non-hydrogen) atoms. The number of benzene rings is 2. The maximum Gasteiger partial charge on any atom is 0.230 e. The summed E-state index contributed by atoms with van der Waals surface area (Å²) in [6.45, 7) is 7.85. The van der Waals surface area contributed by atoms with Gasteiger partial charge in [0.1, 0.15) is 21.5 Å². The largest absolute Gasteiger partial charge is 0.491 e. The van der Waals surface area contributed by atoms with Gasteiger partial charge in [0, 0.05) is 23.0 Å². The summed E-state index contributed by atoms with van der Waals surface area (Å²) in [5.41, 5.74) is 1.66. The van der Waals surface area contributed by atoms with Crippen LogP contribution in [-0.2, 0) is 22.4 Å². The SMILES string of the molecule is CC(C)Oc1ccccc1CC(=O)Nc1nnc([C@H]2CCC[C@H](c3nnc(NC(=O)Cc4ccccc4OC(C)C)s3)C2)s1. The summed E-state index contributed by atoms with van der Waals surface area (Å²) in [5, 5.41) is 26.0. The number of carbonyl (C=O) groups excluding carboxylic acids is 2. The van der Waals surface area contributed by atoms with E-state index in [1.807, 2.05) is 76.2 Å². The molecule has 10 nitrogen and oxygen atoms in total. The van der Waals surface area contributed by atoms with Crippen LogP contribution < -0.4 is 20.1 Å². The van der Waals surface area contributed by atoms with Crippen molar-refractivity contribution >= 4 is 44.8 Å². The van der Waals surface area contributed by atoms with Crippen molar-refractivity contribution in [2.75, 3.05) is 10.6 Å². The van der Waals surface area contributed by atoms with Gasteiger partial charge in [-0.1, -0.05) is 65.5 Å². The van der Waals surface area contributed by atoms with E-state index in [1.165, 1.54) is 22.7 Å². The highest BCUT2D eigenvalue weighted by molar-refractivity contribution is 7.15. The van der Waals surface area contributed by atoms with E-state index < -0.39 is 0 Å². The number of para-hydroxylation sites is 2. The average molecular weight is 635 g/mol. The molecule has 0 bridgehead atoms. The molecule has 5 rings (SSSR count). The summed E-state index contributed by atoms with van der Waals surface area (Å²) in [6.07, 6.45) is 4.32. The van der Waals surface area contributed by atoms with E-state index >= 15 is 0 Å². The van der Waals surface area contributed by atoms with Crippen LogP contribution in [0.25, 0.3) is 0 Å². The molecule has 2 N–H and O–H groups in total. The molecule has 1 fully saturated rings. The first-order valence-electron chi connectivity index (χ1n) is 15.0. The topological polar surface area (TPSA) is 128 Å². The predicted octanol–water partition coefficient (Wildman–Crippen LogP) is 6.77.